The summed E-state index contributed by atoms with van der Waals surface area (Å²) in [5, 5.41) is 4.93. The normalized spacial score (nSPS) is 11.3. The van der Waals surface area contributed by atoms with Gasteiger partial charge in [0.25, 0.3) is 0 Å². The van der Waals surface area contributed by atoms with Crippen LogP contribution in [-0.2, 0) is 0 Å². The Kier molecular flexibility index (Phi) is 7.85. The summed E-state index contributed by atoms with van der Waals surface area (Å²) in [7, 11) is 0. The molecule has 54 heavy (non-hydrogen) atoms. The summed E-state index contributed by atoms with van der Waals surface area (Å²) < 4.78 is 2.40. The highest BCUT2D eigenvalue weighted by Crippen LogP contribution is 2.45. The number of anilines is 3. The molecule has 2 nitrogen and oxygen atoms in total. The van der Waals surface area contributed by atoms with E-state index in [4.69, 9.17) is 0 Å². The predicted octanol–water partition coefficient (Wildman–Crippen LogP) is 14.4. The molecule has 0 unspecified atom stereocenters. The summed E-state index contributed by atoms with van der Waals surface area (Å²) in [6.45, 7) is 0. The van der Waals surface area contributed by atoms with Gasteiger partial charge in [-0.05, 0) is 87.1 Å². The van der Waals surface area contributed by atoms with Crippen LogP contribution in [-0.4, -0.2) is 4.57 Å². The zero-order valence-corrected chi connectivity index (χ0v) is 29.7. The number of fused-ring (bicyclic) bond motifs is 4. The minimum absolute atomic E-state index is 1.09. The summed E-state index contributed by atoms with van der Waals surface area (Å²) in [4.78, 5) is 2.44. The minimum atomic E-state index is 1.09. The minimum Gasteiger partial charge on any atom is -0.310 e. The molecule has 0 saturated carbocycles. The molecule has 1 heterocycles. The molecule has 0 aliphatic rings. The van der Waals surface area contributed by atoms with Crippen molar-refractivity contribution in [2.24, 2.45) is 0 Å². The first-order chi connectivity index (χ1) is 26.8. The Hall–Kier alpha value is -7.16. The first kappa shape index (κ1) is 31.6. The van der Waals surface area contributed by atoms with Gasteiger partial charge in [-0.15, -0.1) is 0 Å². The van der Waals surface area contributed by atoms with Crippen molar-refractivity contribution in [3.63, 3.8) is 0 Å². The van der Waals surface area contributed by atoms with E-state index in [1.54, 1.807) is 0 Å². The lowest BCUT2D eigenvalue weighted by Crippen LogP contribution is -2.11. The van der Waals surface area contributed by atoms with Crippen LogP contribution >= 0.6 is 0 Å². The molecule has 0 spiro atoms. The summed E-state index contributed by atoms with van der Waals surface area (Å²) >= 11 is 0. The number of aromatic nitrogens is 1. The number of hydrogen-bond donors (Lipinski definition) is 0. The summed E-state index contributed by atoms with van der Waals surface area (Å²) in [6.07, 6.45) is 0. The number of para-hydroxylation sites is 3. The van der Waals surface area contributed by atoms with Crippen LogP contribution in [0.3, 0.4) is 0 Å². The van der Waals surface area contributed by atoms with Gasteiger partial charge in [0.2, 0.25) is 0 Å². The van der Waals surface area contributed by atoms with Gasteiger partial charge in [-0.3, -0.25) is 0 Å². The third-order valence-corrected chi connectivity index (χ3v) is 10.6. The largest absolute Gasteiger partial charge is 0.310 e. The molecule has 0 N–H and O–H groups in total. The van der Waals surface area contributed by atoms with Crippen LogP contribution in [0.2, 0.25) is 0 Å². The molecule has 10 rings (SSSR count). The molecule has 9 aromatic carbocycles. The number of rotatable bonds is 7. The second-order valence-corrected chi connectivity index (χ2v) is 13.7. The van der Waals surface area contributed by atoms with Crippen molar-refractivity contribution >= 4 is 49.6 Å². The van der Waals surface area contributed by atoms with Gasteiger partial charge in [0, 0.05) is 33.4 Å². The van der Waals surface area contributed by atoms with Crippen molar-refractivity contribution in [2.45, 2.75) is 0 Å². The predicted molar refractivity (Wildman–Crippen MR) is 229 cm³/mol. The number of hydrogen-bond acceptors (Lipinski definition) is 1. The smallest absolute Gasteiger partial charge is 0.0561 e. The fourth-order valence-electron chi connectivity index (χ4n) is 8.15. The van der Waals surface area contributed by atoms with Crippen LogP contribution in [0.1, 0.15) is 0 Å². The lowest BCUT2D eigenvalue weighted by Gasteiger charge is -2.29. The van der Waals surface area contributed by atoms with Gasteiger partial charge < -0.3 is 9.47 Å². The van der Waals surface area contributed by atoms with Gasteiger partial charge in [-0.2, -0.15) is 0 Å². The van der Waals surface area contributed by atoms with Gasteiger partial charge in [-0.25, -0.2) is 0 Å². The maximum atomic E-state index is 2.44. The fourth-order valence-corrected chi connectivity index (χ4v) is 8.15. The molecule has 10 aromatic rings. The Bertz CT molecular complexity index is 2930. The van der Waals surface area contributed by atoms with Gasteiger partial charge >= 0.3 is 0 Å². The zero-order chi connectivity index (χ0) is 35.8. The first-order valence-electron chi connectivity index (χ1n) is 18.5. The second kappa shape index (κ2) is 13.4. The number of nitrogens with zero attached hydrogens (tertiary/aromatic N) is 2. The quantitative estimate of drug-likeness (QED) is 0.162. The topological polar surface area (TPSA) is 8.17 Å². The third kappa shape index (κ3) is 5.44. The average Bonchev–Trinajstić information content (AvgIpc) is 3.58. The van der Waals surface area contributed by atoms with Crippen molar-refractivity contribution in [1.29, 1.82) is 0 Å². The molecular weight excluding hydrogens is 653 g/mol. The van der Waals surface area contributed by atoms with E-state index in [9.17, 15) is 0 Å². The molecule has 254 valence electrons. The Balaban J connectivity index is 1.24. The first-order valence-corrected chi connectivity index (χ1v) is 18.5. The van der Waals surface area contributed by atoms with Gasteiger partial charge in [0.1, 0.15) is 0 Å². The van der Waals surface area contributed by atoms with Crippen molar-refractivity contribution in [1.82, 2.24) is 4.57 Å². The van der Waals surface area contributed by atoms with Crippen molar-refractivity contribution in [3.8, 4) is 39.1 Å². The molecule has 0 aliphatic heterocycles. The van der Waals surface area contributed by atoms with E-state index in [0.717, 1.165) is 28.3 Å². The molecule has 0 saturated heterocycles. The lowest BCUT2D eigenvalue weighted by atomic mass is 9.94. The monoisotopic (exact) mass is 688 g/mol. The Morgan fingerprint density at radius 1 is 0.315 bits per heavy atom. The molecule has 0 aliphatic carbocycles. The summed E-state index contributed by atoms with van der Waals surface area (Å²) in [6, 6.07) is 78.9. The molecule has 2 heteroatoms. The van der Waals surface area contributed by atoms with E-state index in [-0.39, 0.29) is 0 Å². The van der Waals surface area contributed by atoms with Crippen LogP contribution in [0.4, 0.5) is 17.1 Å². The number of benzene rings is 9. The highest BCUT2D eigenvalue weighted by Gasteiger charge is 2.21. The van der Waals surface area contributed by atoms with Crippen molar-refractivity contribution in [2.75, 3.05) is 4.90 Å². The molecule has 0 fully saturated rings. The van der Waals surface area contributed by atoms with E-state index in [2.05, 4.69) is 228 Å². The second-order valence-electron chi connectivity index (χ2n) is 13.7. The summed E-state index contributed by atoms with van der Waals surface area (Å²) in [5.41, 5.74) is 14.0. The summed E-state index contributed by atoms with van der Waals surface area (Å²) in [5.74, 6) is 0. The Morgan fingerprint density at radius 2 is 0.870 bits per heavy atom. The van der Waals surface area contributed by atoms with Crippen molar-refractivity contribution < 1.29 is 0 Å². The van der Waals surface area contributed by atoms with E-state index in [1.807, 2.05) is 0 Å². The SMILES string of the molecule is c1ccc(-c2ccccc2-c2cccc(N(c3ccc4c5ccccc5n(-c5ccccc5)c4c3)c3ccccc3-c3cccc4ccccc34)c2)cc1. The average molecular weight is 689 g/mol. The van der Waals surface area contributed by atoms with Crippen LogP contribution < -0.4 is 4.90 Å². The van der Waals surface area contributed by atoms with Crippen LogP contribution in [0.15, 0.2) is 218 Å². The van der Waals surface area contributed by atoms with Crippen LogP contribution in [0.5, 0.6) is 0 Å². The van der Waals surface area contributed by atoms with Gasteiger partial charge in [0.15, 0.2) is 0 Å². The van der Waals surface area contributed by atoms with E-state index in [0.29, 0.717) is 0 Å². The fraction of sp³-hybridized carbons (Fsp3) is 0. The van der Waals surface area contributed by atoms with Gasteiger partial charge in [0.05, 0.1) is 16.7 Å². The molecule has 0 radical (unpaired) electrons. The highest BCUT2D eigenvalue weighted by atomic mass is 15.1. The van der Waals surface area contributed by atoms with Gasteiger partial charge in [-0.1, -0.05) is 170 Å². The van der Waals surface area contributed by atoms with E-state index >= 15 is 0 Å². The maximum Gasteiger partial charge on any atom is 0.0561 e. The van der Waals surface area contributed by atoms with Crippen LogP contribution in [0, 0.1) is 0 Å². The highest BCUT2D eigenvalue weighted by molar-refractivity contribution is 6.11. The molecule has 0 amide bonds. The van der Waals surface area contributed by atoms with Crippen molar-refractivity contribution in [3.05, 3.63) is 218 Å². The Morgan fingerprint density at radius 3 is 1.70 bits per heavy atom. The Labute approximate surface area is 315 Å². The molecule has 0 bridgehead atoms. The van der Waals surface area contributed by atoms with E-state index in [1.165, 1.54) is 60.4 Å². The molecular formula is C52H36N2. The van der Waals surface area contributed by atoms with E-state index < -0.39 is 0 Å². The zero-order valence-electron chi connectivity index (χ0n) is 29.7. The standard InChI is InChI=1S/C52H36N2/c1-3-17-37(18-4-1)43-25-9-10-27-45(43)39-21-15-24-41(35-39)53(50-31-13-11-28-47(50)46-30-16-20-38-19-7-8-26-44(38)46)42-33-34-49-48-29-12-14-32-51(48)54(52(49)36-42)40-22-5-2-6-23-40/h1-36H. The maximum absolute atomic E-state index is 2.44. The third-order valence-electron chi connectivity index (χ3n) is 10.6. The van der Waals surface area contributed by atoms with Crippen LogP contribution in [0.25, 0.3) is 71.6 Å². The lowest BCUT2D eigenvalue weighted by molar-refractivity contribution is 1.18. The molecule has 0 atom stereocenters. The molecule has 1 aromatic heterocycles.